The summed E-state index contributed by atoms with van der Waals surface area (Å²) in [6, 6.07) is 11.6. The molecule has 0 saturated carbocycles. The molecule has 1 N–H and O–H groups in total. The van der Waals surface area contributed by atoms with Crippen LogP contribution >= 0.6 is 11.6 Å². The Morgan fingerprint density at radius 2 is 1.97 bits per heavy atom. The van der Waals surface area contributed by atoms with Crippen molar-refractivity contribution in [2.24, 2.45) is 0 Å². The molecule has 0 atom stereocenters. The van der Waals surface area contributed by atoms with Crippen LogP contribution in [-0.2, 0) is 14.3 Å². The number of hydrogen-bond acceptors (Lipinski definition) is 6. The van der Waals surface area contributed by atoms with Gasteiger partial charge in [0.2, 0.25) is 0 Å². The number of carbonyl (C=O) groups is 2. The highest BCUT2D eigenvalue weighted by atomic mass is 35.5. The number of esters is 1. The van der Waals surface area contributed by atoms with E-state index in [1.54, 1.807) is 12.1 Å². The van der Waals surface area contributed by atoms with Gasteiger partial charge < -0.3 is 19.5 Å². The fourth-order valence-electron chi connectivity index (χ4n) is 2.33. The molecule has 0 saturated heterocycles. The van der Waals surface area contributed by atoms with Gasteiger partial charge in [-0.25, -0.2) is 4.79 Å². The first kappa shape index (κ1) is 21.8. The average molecular weight is 415 g/mol. The van der Waals surface area contributed by atoms with Gasteiger partial charge in [0.05, 0.1) is 18.4 Å². The standard InChI is InChI=1S/C21H19ClN2O5/c1-3-4-14-5-8-18(19(9-14)27-2)28-13-21(26)29-12-20(25)24-17-10-16(22)7-6-15(17)11-23/h3-10H,12-13H2,1-2H3,(H,24,25)/b4-3+. The van der Waals surface area contributed by atoms with Crippen molar-refractivity contribution in [2.45, 2.75) is 6.92 Å². The van der Waals surface area contributed by atoms with E-state index in [0.717, 1.165) is 5.56 Å². The van der Waals surface area contributed by atoms with Crippen molar-refractivity contribution in [2.75, 3.05) is 25.6 Å². The van der Waals surface area contributed by atoms with Crippen LogP contribution in [0, 0.1) is 11.3 Å². The highest BCUT2D eigenvalue weighted by Crippen LogP contribution is 2.28. The van der Waals surface area contributed by atoms with Crippen LogP contribution in [0.4, 0.5) is 5.69 Å². The van der Waals surface area contributed by atoms with Crippen molar-refractivity contribution < 1.29 is 23.8 Å². The van der Waals surface area contributed by atoms with Crippen molar-refractivity contribution in [1.82, 2.24) is 0 Å². The molecule has 2 rings (SSSR count). The summed E-state index contributed by atoms with van der Waals surface area (Å²) >= 11 is 5.86. The van der Waals surface area contributed by atoms with Crippen LogP contribution in [-0.4, -0.2) is 32.2 Å². The number of allylic oxidation sites excluding steroid dienone is 1. The third-order valence-electron chi connectivity index (χ3n) is 3.63. The number of methoxy groups -OCH3 is 1. The van der Waals surface area contributed by atoms with E-state index in [9.17, 15) is 9.59 Å². The van der Waals surface area contributed by atoms with Crippen molar-refractivity contribution >= 4 is 35.2 Å². The second kappa shape index (κ2) is 10.7. The molecule has 0 spiro atoms. The molecule has 0 aliphatic heterocycles. The summed E-state index contributed by atoms with van der Waals surface area (Å²) in [5.74, 6) is -0.493. The lowest BCUT2D eigenvalue weighted by Gasteiger charge is -2.11. The molecule has 2 aromatic carbocycles. The Labute approximate surface area is 173 Å². The Morgan fingerprint density at radius 1 is 1.17 bits per heavy atom. The molecule has 0 aliphatic carbocycles. The molecule has 0 radical (unpaired) electrons. The number of nitriles is 1. The number of nitrogens with one attached hydrogen (secondary N) is 1. The predicted molar refractivity (Wildman–Crippen MR) is 109 cm³/mol. The molecule has 0 aliphatic rings. The fourth-order valence-corrected chi connectivity index (χ4v) is 2.50. The van der Waals surface area contributed by atoms with Gasteiger partial charge in [-0.15, -0.1) is 0 Å². The Morgan fingerprint density at radius 3 is 2.66 bits per heavy atom. The topological polar surface area (TPSA) is 97.6 Å². The van der Waals surface area contributed by atoms with Crippen LogP contribution in [0.25, 0.3) is 6.08 Å². The predicted octanol–water partition coefficient (Wildman–Crippen LogP) is 3.81. The number of halogens is 1. The first-order valence-corrected chi connectivity index (χ1v) is 8.93. The maximum Gasteiger partial charge on any atom is 0.344 e. The number of ether oxygens (including phenoxy) is 3. The molecule has 1 amide bonds. The van der Waals surface area contributed by atoms with Gasteiger partial charge in [0, 0.05) is 5.02 Å². The molecule has 7 nitrogen and oxygen atoms in total. The monoisotopic (exact) mass is 414 g/mol. The summed E-state index contributed by atoms with van der Waals surface area (Å²) in [7, 11) is 1.50. The van der Waals surface area contributed by atoms with Gasteiger partial charge in [0.25, 0.3) is 5.91 Å². The fraction of sp³-hybridized carbons (Fsp3) is 0.190. The average Bonchev–Trinajstić information content (AvgIpc) is 2.71. The van der Waals surface area contributed by atoms with Crippen molar-refractivity contribution in [3.05, 3.63) is 58.6 Å². The molecule has 0 heterocycles. The molecular formula is C21H19ClN2O5. The van der Waals surface area contributed by atoms with E-state index in [-0.39, 0.29) is 11.3 Å². The minimum Gasteiger partial charge on any atom is -0.493 e. The van der Waals surface area contributed by atoms with Crippen LogP contribution in [0.1, 0.15) is 18.1 Å². The van der Waals surface area contributed by atoms with E-state index in [2.05, 4.69) is 5.32 Å². The van der Waals surface area contributed by atoms with Gasteiger partial charge in [0.1, 0.15) is 6.07 Å². The lowest BCUT2D eigenvalue weighted by molar-refractivity contribution is -0.149. The second-order valence-corrected chi connectivity index (χ2v) is 6.15. The number of carbonyl (C=O) groups excluding carboxylic acids is 2. The molecule has 8 heteroatoms. The Bertz CT molecular complexity index is 966. The Hall–Kier alpha value is -3.50. The van der Waals surface area contributed by atoms with Crippen LogP contribution < -0.4 is 14.8 Å². The van der Waals surface area contributed by atoms with Crippen molar-refractivity contribution in [3.63, 3.8) is 0 Å². The number of benzene rings is 2. The minimum atomic E-state index is -0.730. The van der Waals surface area contributed by atoms with Gasteiger partial charge in [0.15, 0.2) is 24.7 Å². The Balaban J connectivity index is 1.87. The van der Waals surface area contributed by atoms with Gasteiger partial charge >= 0.3 is 5.97 Å². The maximum absolute atomic E-state index is 12.0. The molecule has 0 aromatic heterocycles. The summed E-state index contributed by atoms with van der Waals surface area (Å²) in [4.78, 5) is 23.8. The van der Waals surface area contributed by atoms with Crippen molar-refractivity contribution in [3.8, 4) is 17.6 Å². The van der Waals surface area contributed by atoms with E-state index in [1.807, 2.05) is 31.2 Å². The molecule has 0 bridgehead atoms. The summed E-state index contributed by atoms with van der Waals surface area (Å²) in [6.07, 6.45) is 3.79. The minimum absolute atomic E-state index is 0.239. The normalized spacial score (nSPS) is 10.3. The molecule has 2 aromatic rings. The largest absolute Gasteiger partial charge is 0.493 e. The zero-order valence-corrected chi connectivity index (χ0v) is 16.7. The zero-order chi connectivity index (χ0) is 21.2. The summed E-state index contributed by atoms with van der Waals surface area (Å²) in [5, 5.41) is 11.9. The van der Waals surface area contributed by atoms with Crippen LogP contribution in [0.5, 0.6) is 11.5 Å². The number of hydrogen-bond donors (Lipinski definition) is 1. The smallest absolute Gasteiger partial charge is 0.344 e. The molecule has 0 unspecified atom stereocenters. The van der Waals surface area contributed by atoms with Gasteiger partial charge in [-0.3, -0.25) is 4.79 Å². The first-order valence-electron chi connectivity index (χ1n) is 8.55. The SMILES string of the molecule is C/C=C/c1ccc(OCC(=O)OCC(=O)Nc2cc(Cl)ccc2C#N)c(OC)c1. The second-order valence-electron chi connectivity index (χ2n) is 5.71. The zero-order valence-electron chi connectivity index (χ0n) is 15.9. The van der Waals surface area contributed by atoms with Gasteiger partial charge in [-0.2, -0.15) is 5.26 Å². The molecule has 0 fully saturated rings. The van der Waals surface area contributed by atoms with Crippen LogP contribution in [0.2, 0.25) is 5.02 Å². The highest BCUT2D eigenvalue weighted by molar-refractivity contribution is 6.31. The lowest BCUT2D eigenvalue weighted by atomic mass is 10.2. The maximum atomic E-state index is 12.0. The lowest BCUT2D eigenvalue weighted by Crippen LogP contribution is -2.24. The van der Waals surface area contributed by atoms with Gasteiger partial charge in [-0.1, -0.05) is 29.8 Å². The van der Waals surface area contributed by atoms with E-state index >= 15 is 0 Å². The quantitative estimate of drug-likeness (QED) is 0.659. The van der Waals surface area contributed by atoms with E-state index in [4.69, 9.17) is 31.1 Å². The van der Waals surface area contributed by atoms with E-state index < -0.39 is 25.1 Å². The van der Waals surface area contributed by atoms with Crippen LogP contribution in [0.15, 0.2) is 42.5 Å². The molecule has 29 heavy (non-hydrogen) atoms. The first-order chi connectivity index (χ1) is 14.0. The Kier molecular flexibility index (Phi) is 8.07. The van der Waals surface area contributed by atoms with Crippen LogP contribution in [0.3, 0.4) is 0 Å². The van der Waals surface area contributed by atoms with E-state index in [0.29, 0.717) is 16.5 Å². The summed E-state index contributed by atoms with van der Waals surface area (Å²) in [6.45, 7) is 0.973. The third-order valence-corrected chi connectivity index (χ3v) is 3.87. The van der Waals surface area contributed by atoms with Crippen molar-refractivity contribution in [1.29, 1.82) is 5.26 Å². The molecule has 150 valence electrons. The summed E-state index contributed by atoms with van der Waals surface area (Å²) < 4.78 is 15.6. The third kappa shape index (κ3) is 6.55. The van der Waals surface area contributed by atoms with Gasteiger partial charge in [-0.05, 0) is 42.8 Å². The van der Waals surface area contributed by atoms with E-state index in [1.165, 1.54) is 25.3 Å². The number of anilines is 1. The highest BCUT2D eigenvalue weighted by Gasteiger charge is 2.13. The number of nitrogens with zero attached hydrogens (tertiary/aromatic N) is 1. The summed E-state index contributed by atoms with van der Waals surface area (Å²) in [5.41, 5.74) is 1.41. The molecular weight excluding hydrogens is 396 g/mol. The number of rotatable bonds is 8. The number of amides is 1.